The normalized spacial score (nSPS) is 16.1. The molecule has 1 aliphatic heterocycles. The van der Waals surface area contributed by atoms with Gasteiger partial charge in [-0.2, -0.15) is 0 Å². The van der Waals surface area contributed by atoms with E-state index < -0.39 is 0 Å². The number of carbonyl (C=O) groups excluding carboxylic acids is 2. The van der Waals surface area contributed by atoms with Gasteiger partial charge in [0.25, 0.3) is 0 Å². The van der Waals surface area contributed by atoms with Crippen molar-refractivity contribution in [3.8, 4) is 0 Å². The molecule has 27 heavy (non-hydrogen) atoms. The highest BCUT2D eigenvalue weighted by Crippen LogP contribution is 2.11. The summed E-state index contributed by atoms with van der Waals surface area (Å²) in [6, 6.07) is 14.3. The Morgan fingerprint density at radius 1 is 1.00 bits per heavy atom. The van der Waals surface area contributed by atoms with Gasteiger partial charge in [0, 0.05) is 57.6 Å². The van der Waals surface area contributed by atoms with Crippen LogP contribution in [-0.2, 0) is 16.1 Å². The molecule has 1 fully saturated rings. The van der Waals surface area contributed by atoms with Crippen molar-refractivity contribution in [1.82, 2.24) is 19.7 Å². The summed E-state index contributed by atoms with van der Waals surface area (Å²) in [5.41, 5.74) is 1.29. The van der Waals surface area contributed by atoms with Gasteiger partial charge < -0.3 is 14.8 Å². The van der Waals surface area contributed by atoms with Gasteiger partial charge >= 0.3 is 0 Å². The molecule has 3 rings (SSSR count). The number of piperazine rings is 1. The van der Waals surface area contributed by atoms with Crippen LogP contribution in [0.5, 0.6) is 0 Å². The Morgan fingerprint density at radius 3 is 2.33 bits per heavy atom. The first-order valence-corrected chi connectivity index (χ1v) is 9.55. The third-order valence-electron chi connectivity index (χ3n) is 5.03. The zero-order valence-electron chi connectivity index (χ0n) is 15.9. The highest BCUT2D eigenvalue weighted by Gasteiger charge is 2.21. The lowest BCUT2D eigenvalue weighted by molar-refractivity contribution is -0.134. The number of rotatable bonds is 7. The monoisotopic (exact) mass is 368 g/mol. The van der Waals surface area contributed by atoms with E-state index in [9.17, 15) is 9.59 Å². The van der Waals surface area contributed by atoms with Crippen LogP contribution in [0.2, 0.25) is 0 Å². The van der Waals surface area contributed by atoms with Crippen LogP contribution >= 0.6 is 0 Å². The van der Waals surface area contributed by atoms with E-state index >= 15 is 0 Å². The molecular weight excluding hydrogens is 340 g/mol. The average molecular weight is 368 g/mol. The van der Waals surface area contributed by atoms with Gasteiger partial charge in [-0.1, -0.05) is 30.3 Å². The molecule has 1 aromatic carbocycles. The van der Waals surface area contributed by atoms with Crippen LogP contribution in [-0.4, -0.2) is 58.9 Å². The summed E-state index contributed by atoms with van der Waals surface area (Å²) in [6.07, 6.45) is 4.25. The molecule has 6 heteroatoms. The Balaban J connectivity index is 1.36. The first kappa shape index (κ1) is 19.2. The van der Waals surface area contributed by atoms with Crippen LogP contribution in [0.4, 0.5) is 0 Å². The van der Waals surface area contributed by atoms with E-state index in [0.717, 1.165) is 19.6 Å². The summed E-state index contributed by atoms with van der Waals surface area (Å²) >= 11 is 0. The van der Waals surface area contributed by atoms with Crippen LogP contribution in [0.15, 0.2) is 54.9 Å². The van der Waals surface area contributed by atoms with Crippen molar-refractivity contribution in [2.24, 2.45) is 0 Å². The highest BCUT2D eigenvalue weighted by atomic mass is 16.2. The van der Waals surface area contributed by atoms with E-state index in [1.807, 2.05) is 47.0 Å². The summed E-state index contributed by atoms with van der Waals surface area (Å²) in [5, 5.41) is 2.77. The fourth-order valence-electron chi connectivity index (χ4n) is 3.37. The van der Waals surface area contributed by atoms with Crippen LogP contribution in [0.25, 0.3) is 0 Å². The quantitative estimate of drug-likeness (QED) is 0.812. The van der Waals surface area contributed by atoms with Crippen molar-refractivity contribution in [3.63, 3.8) is 0 Å². The Hall–Kier alpha value is -2.60. The molecule has 1 atom stereocenters. The second-order valence-electron chi connectivity index (χ2n) is 7.10. The van der Waals surface area contributed by atoms with Crippen molar-refractivity contribution < 1.29 is 9.59 Å². The molecule has 2 aromatic rings. The molecule has 0 bridgehead atoms. The highest BCUT2D eigenvalue weighted by molar-refractivity contribution is 5.84. The number of hydrogen-bond donors (Lipinski definition) is 1. The van der Waals surface area contributed by atoms with E-state index in [2.05, 4.69) is 34.5 Å². The van der Waals surface area contributed by atoms with Gasteiger partial charge in [-0.25, -0.2) is 0 Å². The molecule has 1 unspecified atom stereocenters. The smallest absolute Gasteiger partial charge is 0.242 e. The molecule has 2 amide bonds. The Labute approximate surface area is 160 Å². The number of nitrogens with one attached hydrogen (secondary N) is 1. The standard InChI is InChI=1S/C21H28N4O2/c1-18(24-9-5-6-10-24)15-20(26)22-16-21(27)25-13-11-23(12-14-25)17-19-7-3-2-4-8-19/h2-10,18H,11-17H2,1H3,(H,22,26). The van der Waals surface area contributed by atoms with E-state index in [1.54, 1.807) is 0 Å². The fraction of sp³-hybridized carbons (Fsp3) is 0.429. The first-order valence-electron chi connectivity index (χ1n) is 9.55. The second kappa shape index (κ2) is 9.37. The average Bonchev–Trinajstić information content (AvgIpc) is 3.22. The van der Waals surface area contributed by atoms with E-state index in [-0.39, 0.29) is 24.4 Å². The minimum atomic E-state index is -0.0905. The van der Waals surface area contributed by atoms with Crippen molar-refractivity contribution >= 4 is 11.8 Å². The van der Waals surface area contributed by atoms with Gasteiger partial charge in [-0.15, -0.1) is 0 Å². The molecule has 1 N–H and O–H groups in total. The third-order valence-corrected chi connectivity index (χ3v) is 5.03. The van der Waals surface area contributed by atoms with Crippen LogP contribution in [0.1, 0.15) is 24.9 Å². The minimum absolute atomic E-state index is 0.00340. The maximum Gasteiger partial charge on any atom is 0.242 e. The maximum atomic E-state index is 12.4. The molecule has 6 nitrogen and oxygen atoms in total. The lowest BCUT2D eigenvalue weighted by atomic mass is 10.2. The van der Waals surface area contributed by atoms with Gasteiger partial charge in [0.1, 0.15) is 0 Å². The van der Waals surface area contributed by atoms with Crippen molar-refractivity contribution in [1.29, 1.82) is 0 Å². The summed E-state index contributed by atoms with van der Waals surface area (Å²) in [4.78, 5) is 28.7. The number of benzene rings is 1. The molecule has 0 aliphatic carbocycles. The van der Waals surface area contributed by atoms with E-state index in [0.29, 0.717) is 19.5 Å². The Kier molecular flexibility index (Phi) is 6.65. The van der Waals surface area contributed by atoms with Gasteiger partial charge in [0.05, 0.1) is 6.54 Å². The Bertz CT molecular complexity index is 722. The SMILES string of the molecule is CC(CC(=O)NCC(=O)N1CCN(Cc2ccccc2)CC1)n1cccc1. The van der Waals surface area contributed by atoms with Crippen LogP contribution in [0.3, 0.4) is 0 Å². The molecule has 2 heterocycles. The second-order valence-corrected chi connectivity index (χ2v) is 7.10. The minimum Gasteiger partial charge on any atom is -0.351 e. The van der Waals surface area contributed by atoms with Crippen molar-refractivity contribution in [2.75, 3.05) is 32.7 Å². The molecular formula is C21H28N4O2. The summed E-state index contributed by atoms with van der Waals surface area (Å²) in [7, 11) is 0. The molecule has 0 saturated carbocycles. The number of carbonyl (C=O) groups is 2. The van der Waals surface area contributed by atoms with Crippen molar-refractivity contribution in [2.45, 2.75) is 25.9 Å². The molecule has 0 radical (unpaired) electrons. The molecule has 1 aliphatic rings. The number of aromatic nitrogens is 1. The van der Waals surface area contributed by atoms with Crippen molar-refractivity contribution in [3.05, 3.63) is 60.4 Å². The third kappa shape index (κ3) is 5.69. The number of amides is 2. The van der Waals surface area contributed by atoms with E-state index in [4.69, 9.17) is 0 Å². The lowest BCUT2D eigenvalue weighted by Crippen LogP contribution is -2.50. The zero-order valence-corrected chi connectivity index (χ0v) is 15.9. The van der Waals surface area contributed by atoms with Gasteiger partial charge in [0.15, 0.2) is 0 Å². The van der Waals surface area contributed by atoms with Crippen LogP contribution < -0.4 is 5.32 Å². The molecule has 144 valence electrons. The largest absolute Gasteiger partial charge is 0.351 e. The summed E-state index contributed by atoms with van der Waals surface area (Å²) in [6.45, 7) is 6.13. The number of nitrogens with zero attached hydrogens (tertiary/aromatic N) is 3. The van der Waals surface area contributed by atoms with E-state index in [1.165, 1.54) is 5.56 Å². The summed E-state index contributed by atoms with van der Waals surface area (Å²) in [5.74, 6) is -0.0939. The topological polar surface area (TPSA) is 57.6 Å². The maximum absolute atomic E-state index is 12.4. The van der Waals surface area contributed by atoms with Crippen LogP contribution in [0, 0.1) is 0 Å². The fourth-order valence-corrected chi connectivity index (χ4v) is 3.37. The predicted molar refractivity (Wildman–Crippen MR) is 105 cm³/mol. The first-order chi connectivity index (χ1) is 13.1. The summed E-state index contributed by atoms with van der Waals surface area (Å²) < 4.78 is 1.99. The molecule has 0 spiro atoms. The van der Waals surface area contributed by atoms with Gasteiger partial charge in [-0.3, -0.25) is 14.5 Å². The lowest BCUT2D eigenvalue weighted by Gasteiger charge is -2.34. The van der Waals surface area contributed by atoms with Gasteiger partial charge in [0.2, 0.25) is 11.8 Å². The molecule has 1 saturated heterocycles. The number of hydrogen-bond acceptors (Lipinski definition) is 3. The predicted octanol–water partition coefficient (Wildman–Crippen LogP) is 1.90. The van der Waals surface area contributed by atoms with Gasteiger partial charge in [-0.05, 0) is 24.6 Å². The molecule has 1 aromatic heterocycles. The zero-order chi connectivity index (χ0) is 19.1. The Morgan fingerprint density at radius 2 is 1.67 bits per heavy atom.